The molecule has 1 amide bonds. The van der Waals surface area contributed by atoms with E-state index in [9.17, 15) is 4.79 Å². The first-order chi connectivity index (χ1) is 16.1. The Kier molecular flexibility index (Phi) is 7.62. The number of benzene rings is 2. The van der Waals surface area contributed by atoms with E-state index in [0.29, 0.717) is 12.3 Å². The minimum absolute atomic E-state index is 0.120. The first-order valence-corrected chi connectivity index (χ1v) is 12.4. The zero-order valence-corrected chi connectivity index (χ0v) is 20.2. The summed E-state index contributed by atoms with van der Waals surface area (Å²) in [5.74, 6) is 1.68. The minimum Gasteiger partial charge on any atom is -0.336 e. The quantitative estimate of drug-likeness (QED) is 0.365. The molecule has 1 aromatic heterocycles. The van der Waals surface area contributed by atoms with Gasteiger partial charge in [0.25, 0.3) is 5.91 Å². The molecule has 0 atom stereocenters. The molecule has 0 aliphatic carbocycles. The number of carbonyl (C=O) groups is 1. The van der Waals surface area contributed by atoms with Crippen LogP contribution in [0.2, 0.25) is 0 Å². The third-order valence-electron chi connectivity index (χ3n) is 5.99. The van der Waals surface area contributed by atoms with Gasteiger partial charge in [-0.3, -0.25) is 9.36 Å². The molecule has 0 unspecified atom stereocenters. The van der Waals surface area contributed by atoms with Crippen molar-refractivity contribution in [2.45, 2.75) is 31.3 Å². The number of likely N-dealkylation sites (N-methyl/N-ethyl adjacent to an activating group) is 1. The lowest BCUT2D eigenvalue weighted by Crippen LogP contribution is -2.48. The van der Waals surface area contributed by atoms with E-state index in [1.54, 1.807) is 11.8 Å². The van der Waals surface area contributed by atoms with Gasteiger partial charge in [-0.15, -0.1) is 16.8 Å². The summed E-state index contributed by atoms with van der Waals surface area (Å²) in [6, 6.07) is 16.3. The van der Waals surface area contributed by atoms with Gasteiger partial charge in [0.15, 0.2) is 11.0 Å². The van der Waals surface area contributed by atoms with Gasteiger partial charge in [0.2, 0.25) is 0 Å². The summed E-state index contributed by atoms with van der Waals surface area (Å²) in [7, 11) is 0. The van der Waals surface area contributed by atoms with Crippen molar-refractivity contribution in [3.05, 3.63) is 77.9 Å². The minimum atomic E-state index is 0.120. The van der Waals surface area contributed by atoms with Crippen LogP contribution in [0.5, 0.6) is 0 Å². The Balaban J connectivity index is 1.46. The van der Waals surface area contributed by atoms with Gasteiger partial charge in [0.1, 0.15) is 0 Å². The highest BCUT2D eigenvalue weighted by molar-refractivity contribution is 7.98. The molecule has 4 rings (SSSR count). The second-order valence-electron chi connectivity index (χ2n) is 8.29. The second kappa shape index (κ2) is 10.8. The molecule has 1 saturated heterocycles. The summed E-state index contributed by atoms with van der Waals surface area (Å²) in [6.07, 6.45) is 1.86. The van der Waals surface area contributed by atoms with E-state index in [4.69, 9.17) is 0 Å². The van der Waals surface area contributed by atoms with E-state index in [2.05, 4.69) is 70.4 Å². The molecule has 3 aromatic rings. The molecule has 7 heteroatoms. The Morgan fingerprint density at radius 2 is 1.85 bits per heavy atom. The Bertz CT molecular complexity index is 1100. The highest BCUT2D eigenvalue weighted by atomic mass is 32.2. The summed E-state index contributed by atoms with van der Waals surface area (Å²) in [6.45, 7) is 13.3. The predicted molar refractivity (Wildman–Crippen MR) is 134 cm³/mol. The number of hydrogen-bond donors (Lipinski definition) is 0. The van der Waals surface area contributed by atoms with Crippen molar-refractivity contribution < 1.29 is 4.79 Å². The largest absolute Gasteiger partial charge is 0.336 e. The number of thioether (sulfide) groups is 1. The van der Waals surface area contributed by atoms with Gasteiger partial charge in [-0.2, -0.15) is 0 Å². The van der Waals surface area contributed by atoms with E-state index in [1.807, 2.05) is 29.2 Å². The Morgan fingerprint density at radius 3 is 2.55 bits per heavy atom. The standard InChI is InChI=1S/C26H31N5OS/c1-4-13-31-24(22-11-9-20(3)10-12-22)27-28-26(31)33-19-21-7-6-8-23(18-21)25(32)30-16-14-29(5-2)15-17-30/h4,6-12,18H,1,5,13-17,19H2,2-3H3. The zero-order chi connectivity index (χ0) is 23.2. The van der Waals surface area contributed by atoms with Crippen molar-refractivity contribution in [2.24, 2.45) is 0 Å². The van der Waals surface area contributed by atoms with Crippen molar-refractivity contribution in [3.8, 4) is 11.4 Å². The van der Waals surface area contributed by atoms with Crippen LogP contribution in [0.4, 0.5) is 0 Å². The van der Waals surface area contributed by atoms with Gasteiger partial charge < -0.3 is 9.80 Å². The molecule has 1 aliphatic rings. The van der Waals surface area contributed by atoms with Gasteiger partial charge in [0, 0.05) is 49.6 Å². The predicted octanol–water partition coefficient (Wildman–Crippen LogP) is 4.51. The van der Waals surface area contributed by atoms with Gasteiger partial charge >= 0.3 is 0 Å². The normalized spacial score (nSPS) is 14.4. The number of aryl methyl sites for hydroxylation is 1. The maximum atomic E-state index is 13.0. The summed E-state index contributed by atoms with van der Waals surface area (Å²) < 4.78 is 2.09. The fourth-order valence-corrected chi connectivity index (χ4v) is 4.89. The van der Waals surface area contributed by atoms with Crippen LogP contribution < -0.4 is 0 Å². The van der Waals surface area contributed by atoms with Crippen molar-refractivity contribution in [3.63, 3.8) is 0 Å². The lowest BCUT2D eigenvalue weighted by atomic mass is 10.1. The highest BCUT2D eigenvalue weighted by Crippen LogP contribution is 2.27. The molecule has 0 bridgehead atoms. The average Bonchev–Trinajstić information content (AvgIpc) is 3.25. The molecule has 2 aromatic carbocycles. The van der Waals surface area contributed by atoms with Crippen molar-refractivity contribution >= 4 is 17.7 Å². The number of nitrogens with zero attached hydrogens (tertiary/aromatic N) is 5. The van der Waals surface area contributed by atoms with Gasteiger partial charge in [-0.1, -0.05) is 66.7 Å². The molecule has 2 heterocycles. The maximum Gasteiger partial charge on any atom is 0.253 e. The molecule has 1 fully saturated rings. The summed E-state index contributed by atoms with van der Waals surface area (Å²) >= 11 is 1.63. The SMILES string of the molecule is C=CCn1c(SCc2cccc(C(=O)N3CCN(CC)CC3)c2)nnc1-c1ccc(C)cc1. The molecule has 0 saturated carbocycles. The number of hydrogen-bond acceptors (Lipinski definition) is 5. The molecule has 172 valence electrons. The molecule has 0 spiro atoms. The lowest BCUT2D eigenvalue weighted by Gasteiger charge is -2.34. The summed E-state index contributed by atoms with van der Waals surface area (Å²) in [5, 5.41) is 9.73. The first kappa shape index (κ1) is 23.3. The monoisotopic (exact) mass is 461 g/mol. The molecule has 33 heavy (non-hydrogen) atoms. The number of allylic oxidation sites excluding steroid dienone is 1. The Morgan fingerprint density at radius 1 is 1.09 bits per heavy atom. The third kappa shape index (κ3) is 5.54. The van der Waals surface area contributed by atoms with Crippen molar-refractivity contribution in [1.82, 2.24) is 24.6 Å². The number of piperazine rings is 1. The fraction of sp³-hybridized carbons (Fsp3) is 0.346. The number of carbonyl (C=O) groups excluding carboxylic acids is 1. The van der Waals surface area contributed by atoms with Crippen LogP contribution in [-0.4, -0.2) is 63.2 Å². The van der Waals surface area contributed by atoms with E-state index in [1.165, 1.54) is 5.56 Å². The van der Waals surface area contributed by atoms with E-state index >= 15 is 0 Å². The number of aromatic nitrogens is 3. The van der Waals surface area contributed by atoms with Gasteiger partial charge in [0.05, 0.1) is 0 Å². The van der Waals surface area contributed by atoms with Crippen molar-refractivity contribution in [1.29, 1.82) is 0 Å². The smallest absolute Gasteiger partial charge is 0.253 e. The number of rotatable bonds is 8. The van der Waals surface area contributed by atoms with Crippen molar-refractivity contribution in [2.75, 3.05) is 32.7 Å². The van der Waals surface area contributed by atoms with Gasteiger partial charge in [-0.25, -0.2) is 0 Å². The zero-order valence-electron chi connectivity index (χ0n) is 19.4. The molecule has 6 nitrogen and oxygen atoms in total. The summed E-state index contributed by atoms with van der Waals surface area (Å²) in [4.78, 5) is 17.3. The van der Waals surface area contributed by atoms with E-state index < -0.39 is 0 Å². The van der Waals surface area contributed by atoms with Crippen LogP contribution >= 0.6 is 11.8 Å². The average molecular weight is 462 g/mol. The fourth-order valence-electron chi connectivity index (χ4n) is 4.00. The Hall–Kier alpha value is -2.90. The second-order valence-corrected chi connectivity index (χ2v) is 9.23. The van der Waals surface area contributed by atoms with E-state index in [0.717, 1.165) is 60.4 Å². The third-order valence-corrected chi connectivity index (χ3v) is 7.02. The first-order valence-electron chi connectivity index (χ1n) is 11.4. The molecule has 1 aliphatic heterocycles. The van der Waals surface area contributed by atoms with Crippen LogP contribution in [0.1, 0.15) is 28.4 Å². The Labute approximate surface area is 200 Å². The lowest BCUT2D eigenvalue weighted by molar-refractivity contribution is 0.0643. The summed E-state index contributed by atoms with van der Waals surface area (Å²) in [5.41, 5.74) is 4.11. The highest BCUT2D eigenvalue weighted by Gasteiger charge is 2.21. The van der Waals surface area contributed by atoms with Gasteiger partial charge in [-0.05, 0) is 31.2 Å². The van der Waals surface area contributed by atoms with Crippen LogP contribution in [-0.2, 0) is 12.3 Å². The van der Waals surface area contributed by atoms with Crippen LogP contribution in [0.25, 0.3) is 11.4 Å². The molecule has 0 N–H and O–H groups in total. The van der Waals surface area contributed by atoms with Crippen LogP contribution in [0, 0.1) is 6.92 Å². The molecule has 0 radical (unpaired) electrons. The van der Waals surface area contributed by atoms with Crippen LogP contribution in [0.3, 0.4) is 0 Å². The maximum absolute atomic E-state index is 13.0. The number of amides is 1. The topological polar surface area (TPSA) is 54.3 Å². The molecular formula is C26H31N5OS. The molecular weight excluding hydrogens is 430 g/mol. The van der Waals surface area contributed by atoms with E-state index in [-0.39, 0.29) is 5.91 Å². The van der Waals surface area contributed by atoms with Crippen LogP contribution in [0.15, 0.2) is 66.3 Å².